The van der Waals surface area contributed by atoms with Gasteiger partial charge >= 0.3 is 0 Å². The Morgan fingerprint density at radius 1 is 1.48 bits per heavy atom. The minimum absolute atomic E-state index is 0.0239. The minimum atomic E-state index is -0.833. The topological polar surface area (TPSA) is 84.7 Å². The van der Waals surface area contributed by atoms with Gasteiger partial charge in [0.15, 0.2) is 0 Å². The molecule has 8 heteroatoms. The molecule has 1 fully saturated rings. The first-order chi connectivity index (χ1) is 10.2. The zero-order valence-corrected chi connectivity index (χ0v) is 11.2. The smallest absolute Gasteiger partial charge is 0.253 e. The van der Waals surface area contributed by atoms with Crippen LogP contribution < -0.4 is 10.6 Å². The lowest BCUT2D eigenvalue weighted by Gasteiger charge is -2.13. The zero-order valence-electron chi connectivity index (χ0n) is 11.2. The molecule has 7 nitrogen and oxygen atoms in total. The summed E-state index contributed by atoms with van der Waals surface area (Å²) >= 11 is 0. The van der Waals surface area contributed by atoms with E-state index in [-0.39, 0.29) is 11.9 Å². The fourth-order valence-corrected chi connectivity index (χ4v) is 2.37. The first-order valence-electron chi connectivity index (χ1n) is 6.72. The number of halogens is 1. The van der Waals surface area contributed by atoms with Crippen molar-refractivity contribution in [3.8, 4) is 5.69 Å². The molecule has 1 amide bonds. The maximum absolute atomic E-state index is 13.1. The van der Waals surface area contributed by atoms with Crippen LogP contribution in [0.5, 0.6) is 0 Å². The number of hydrogen-bond acceptors (Lipinski definition) is 5. The number of para-hydroxylation sites is 1. The van der Waals surface area contributed by atoms with E-state index in [1.165, 1.54) is 11.0 Å². The summed E-state index contributed by atoms with van der Waals surface area (Å²) in [5.74, 6) is -0.231. The van der Waals surface area contributed by atoms with E-state index in [2.05, 4.69) is 26.2 Å². The van der Waals surface area contributed by atoms with Crippen LogP contribution in [0.25, 0.3) is 5.69 Å². The van der Waals surface area contributed by atoms with Crippen LogP contribution in [0.2, 0.25) is 0 Å². The molecule has 0 aliphatic carbocycles. The van der Waals surface area contributed by atoms with Gasteiger partial charge in [-0.3, -0.25) is 4.79 Å². The van der Waals surface area contributed by atoms with E-state index in [0.717, 1.165) is 0 Å². The number of alkyl halides is 1. The molecule has 21 heavy (non-hydrogen) atoms. The average molecular weight is 290 g/mol. The number of benzene rings is 1. The highest BCUT2D eigenvalue weighted by atomic mass is 19.1. The predicted molar refractivity (Wildman–Crippen MR) is 72.8 cm³/mol. The molecule has 2 N–H and O–H groups in total. The van der Waals surface area contributed by atoms with Crippen LogP contribution in [-0.2, 0) is 0 Å². The maximum Gasteiger partial charge on any atom is 0.253 e. The third kappa shape index (κ3) is 3.05. The van der Waals surface area contributed by atoms with Crippen LogP contribution in [0.1, 0.15) is 16.8 Å². The van der Waals surface area contributed by atoms with Crippen molar-refractivity contribution in [3.63, 3.8) is 0 Å². The van der Waals surface area contributed by atoms with Gasteiger partial charge in [-0.1, -0.05) is 12.1 Å². The highest BCUT2D eigenvalue weighted by Gasteiger charge is 2.24. The molecular weight excluding hydrogens is 275 g/mol. The van der Waals surface area contributed by atoms with Gasteiger partial charge in [-0.15, -0.1) is 5.10 Å². The SMILES string of the molecule is O=C(NC[C@@H]1C[C@H](F)CN1)c1ccccc1-n1cnnn1. The Morgan fingerprint density at radius 2 is 2.33 bits per heavy atom. The van der Waals surface area contributed by atoms with Crippen molar-refractivity contribution in [2.24, 2.45) is 0 Å². The van der Waals surface area contributed by atoms with E-state index in [1.54, 1.807) is 24.3 Å². The van der Waals surface area contributed by atoms with Gasteiger partial charge in [0.2, 0.25) is 0 Å². The largest absolute Gasteiger partial charge is 0.350 e. The summed E-state index contributed by atoms with van der Waals surface area (Å²) < 4.78 is 14.5. The van der Waals surface area contributed by atoms with Gasteiger partial charge < -0.3 is 10.6 Å². The summed E-state index contributed by atoms with van der Waals surface area (Å²) in [4.78, 5) is 12.3. The molecule has 2 atom stereocenters. The summed E-state index contributed by atoms with van der Waals surface area (Å²) in [6.07, 6.45) is 1.02. The van der Waals surface area contributed by atoms with Gasteiger partial charge in [0.25, 0.3) is 5.91 Å². The number of nitrogens with zero attached hydrogens (tertiary/aromatic N) is 4. The van der Waals surface area contributed by atoms with Crippen molar-refractivity contribution < 1.29 is 9.18 Å². The Balaban J connectivity index is 1.70. The lowest BCUT2D eigenvalue weighted by molar-refractivity contribution is 0.0949. The Bertz CT molecular complexity index is 617. The lowest BCUT2D eigenvalue weighted by atomic mass is 10.1. The number of amides is 1. The second kappa shape index (κ2) is 5.96. The predicted octanol–water partition coefficient (Wildman–Crippen LogP) is 0.0921. The van der Waals surface area contributed by atoms with Crippen LogP contribution in [0.3, 0.4) is 0 Å². The van der Waals surface area contributed by atoms with Crippen molar-refractivity contribution in [2.75, 3.05) is 13.1 Å². The molecule has 1 aliphatic heterocycles. The monoisotopic (exact) mass is 290 g/mol. The normalized spacial score (nSPS) is 21.4. The zero-order chi connectivity index (χ0) is 14.7. The molecule has 3 rings (SSSR count). The van der Waals surface area contributed by atoms with Crippen molar-refractivity contribution in [1.29, 1.82) is 0 Å². The Hall–Kier alpha value is -2.35. The van der Waals surface area contributed by atoms with Crippen molar-refractivity contribution in [1.82, 2.24) is 30.8 Å². The standard InChI is InChI=1S/C13H15FN6O/c14-9-5-10(15-6-9)7-16-13(21)11-3-1-2-4-12(11)20-8-17-18-19-20/h1-4,8-10,15H,5-7H2,(H,16,21)/t9-,10-/m0/s1. The first-order valence-corrected chi connectivity index (χ1v) is 6.72. The number of carbonyl (C=O) groups excluding carboxylic acids is 1. The molecule has 1 aromatic carbocycles. The van der Waals surface area contributed by atoms with Gasteiger partial charge in [-0.25, -0.2) is 4.39 Å². The summed E-state index contributed by atoms with van der Waals surface area (Å²) in [5, 5.41) is 16.8. The third-order valence-electron chi connectivity index (χ3n) is 3.42. The molecule has 0 spiro atoms. The van der Waals surface area contributed by atoms with E-state index in [1.807, 2.05) is 0 Å². The molecule has 0 radical (unpaired) electrons. The molecule has 1 saturated heterocycles. The molecule has 1 aliphatic rings. The van der Waals surface area contributed by atoms with E-state index in [0.29, 0.717) is 30.8 Å². The Morgan fingerprint density at radius 3 is 3.05 bits per heavy atom. The molecule has 1 aromatic heterocycles. The number of carbonyl (C=O) groups is 1. The summed E-state index contributed by atoms with van der Waals surface area (Å²) in [6.45, 7) is 0.741. The second-order valence-corrected chi connectivity index (χ2v) is 4.92. The van der Waals surface area contributed by atoms with Gasteiger partial charge in [-0.05, 0) is 29.0 Å². The van der Waals surface area contributed by atoms with E-state index in [9.17, 15) is 9.18 Å². The fourth-order valence-electron chi connectivity index (χ4n) is 2.37. The Kier molecular flexibility index (Phi) is 3.87. The number of aromatic nitrogens is 4. The first kappa shape index (κ1) is 13.6. The van der Waals surface area contributed by atoms with Gasteiger partial charge in [0.05, 0.1) is 11.3 Å². The quantitative estimate of drug-likeness (QED) is 0.834. The lowest BCUT2D eigenvalue weighted by Crippen LogP contribution is -2.37. The molecule has 2 heterocycles. The third-order valence-corrected chi connectivity index (χ3v) is 3.42. The molecule has 0 unspecified atom stereocenters. The molecule has 0 saturated carbocycles. The van der Waals surface area contributed by atoms with E-state index < -0.39 is 6.17 Å². The number of rotatable bonds is 4. The number of nitrogens with one attached hydrogen (secondary N) is 2. The van der Waals surface area contributed by atoms with Crippen LogP contribution in [-0.4, -0.2) is 51.4 Å². The highest BCUT2D eigenvalue weighted by molar-refractivity contribution is 5.97. The van der Waals surface area contributed by atoms with Gasteiger partial charge in [0, 0.05) is 19.1 Å². The van der Waals surface area contributed by atoms with Crippen molar-refractivity contribution in [3.05, 3.63) is 36.2 Å². The second-order valence-electron chi connectivity index (χ2n) is 4.92. The highest BCUT2D eigenvalue weighted by Crippen LogP contribution is 2.13. The molecule has 2 aromatic rings. The van der Waals surface area contributed by atoms with E-state index >= 15 is 0 Å². The minimum Gasteiger partial charge on any atom is -0.350 e. The van der Waals surface area contributed by atoms with Crippen LogP contribution in [0.15, 0.2) is 30.6 Å². The van der Waals surface area contributed by atoms with Gasteiger partial charge in [-0.2, -0.15) is 4.68 Å². The van der Waals surface area contributed by atoms with Crippen LogP contribution >= 0.6 is 0 Å². The van der Waals surface area contributed by atoms with Crippen LogP contribution in [0, 0.1) is 0 Å². The number of hydrogen-bond donors (Lipinski definition) is 2. The molecular formula is C13H15FN6O. The molecule has 110 valence electrons. The van der Waals surface area contributed by atoms with Crippen LogP contribution in [0.4, 0.5) is 4.39 Å². The maximum atomic E-state index is 13.1. The summed E-state index contributed by atoms with van der Waals surface area (Å²) in [6, 6.07) is 7.02. The summed E-state index contributed by atoms with van der Waals surface area (Å²) in [5.41, 5.74) is 1.07. The number of tetrazole rings is 1. The van der Waals surface area contributed by atoms with E-state index in [4.69, 9.17) is 0 Å². The average Bonchev–Trinajstić information content (AvgIpc) is 3.16. The van der Waals surface area contributed by atoms with Crippen molar-refractivity contribution in [2.45, 2.75) is 18.6 Å². The Labute approximate surface area is 120 Å². The fraction of sp³-hybridized carbons (Fsp3) is 0.385. The van der Waals surface area contributed by atoms with Crippen molar-refractivity contribution >= 4 is 5.91 Å². The van der Waals surface area contributed by atoms with Gasteiger partial charge in [0.1, 0.15) is 12.5 Å². The summed E-state index contributed by atoms with van der Waals surface area (Å²) in [7, 11) is 0. The molecule has 0 bridgehead atoms.